The van der Waals surface area contributed by atoms with Crippen LogP contribution in [0.4, 0.5) is 5.69 Å². The van der Waals surface area contributed by atoms with Crippen LogP contribution in [0.1, 0.15) is 36.5 Å². The molecule has 2 bridgehead atoms. The number of phenolic OH excluding ortho intramolecular Hbond substituents is 1. The molecule has 2 fully saturated rings. The summed E-state index contributed by atoms with van der Waals surface area (Å²) in [7, 11) is 0. The Morgan fingerprint density at radius 1 is 1.35 bits per heavy atom. The number of nitro benzene ring substituents is 1. The number of rotatable bonds is 3. The zero-order valence-electron chi connectivity index (χ0n) is 13.1. The van der Waals surface area contributed by atoms with Gasteiger partial charge in [-0.3, -0.25) is 14.9 Å². The van der Waals surface area contributed by atoms with Crippen LogP contribution in [0.5, 0.6) is 5.75 Å². The average Bonchev–Trinajstić information content (AvgIpc) is 2.81. The summed E-state index contributed by atoms with van der Waals surface area (Å²) in [6, 6.07) is 4.02. The Labute approximate surface area is 134 Å². The summed E-state index contributed by atoms with van der Waals surface area (Å²) in [6.07, 6.45) is 2.90. The summed E-state index contributed by atoms with van der Waals surface area (Å²) in [6.45, 7) is 4.92. The summed E-state index contributed by atoms with van der Waals surface area (Å²) >= 11 is 0. The van der Waals surface area contributed by atoms with E-state index >= 15 is 0 Å². The molecule has 1 N–H and O–H groups in total. The van der Waals surface area contributed by atoms with Crippen molar-refractivity contribution in [1.82, 2.24) is 9.80 Å². The lowest BCUT2D eigenvalue weighted by Crippen LogP contribution is -2.43. The molecule has 2 aliphatic rings. The number of amides is 1. The van der Waals surface area contributed by atoms with Gasteiger partial charge < -0.3 is 14.9 Å². The summed E-state index contributed by atoms with van der Waals surface area (Å²) in [5.41, 5.74) is -0.0625. The molecule has 0 spiro atoms. The molecule has 1 aromatic carbocycles. The molecule has 2 heterocycles. The fourth-order valence-corrected chi connectivity index (χ4v) is 3.72. The molecule has 124 valence electrons. The predicted molar refractivity (Wildman–Crippen MR) is 84.5 cm³/mol. The first-order valence-electron chi connectivity index (χ1n) is 8.03. The number of aromatic hydroxyl groups is 1. The number of benzene rings is 1. The monoisotopic (exact) mass is 319 g/mol. The topological polar surface area (TPSA) is 86.9 Å². The maximum atomic E-state index is 12.9. The molecular formula is C16H21N3O4. The number of carbonyl (C=O) groups is 1. The number of nitro groups is 1. The molecule has 2 atom stereocenters. The van der Waals surface area contributed by atoms with E-state index in [1.165, 1.54) is 12.1 Å². The highest BCUT2D eigenvalue weighted by atomic mass is 16.6. The minimum atomic E-state index is -0.581. The van der Waals surface area contributed by atoms with E-state index in [-0.39, 0.29) is 35.0 Å². The highest BCUT2D eigenvalue weighted by Crippen LogP contribution is 2.34. The lowest BCUT2D eigenvalue weighted by molar-refractivity contribution is -0.384. The van der Waals surface area contributed by atoms with E-state index in [1.807, 2.05) is 4.90 Å². The van der Waals surface area contributed by atoms with E-state index in [0.717, 1.165) is 45.0 Å². The number of likely N-dealkylation sites (N-methyl/N-ethyl adjacent to an activating group) is 1. The van der Waals surface area contributed by atoms with Crippen molar-refractivity contribution in [2.75, 3.05) is 19.6 Å². The van der Waals surface area contributed by atoms with Gasteiger partial charge in [0.25, 0.3) is 11.6 Å². The third-order valence-electron chi connectivity index (χ3n) is 4.97. The van der Waals surface area contributed by atoms with Gasteiger partial charge in [0.15, 0.2) is 0 Å². The minimum absolute atomic E-state index is 0.150. The highest BCUT2D eigenvalue weighted by Gasteiger charge is 2.40. The SMILES string of the molecule is CCN1CC[C@H]2CC[C@@H](C1)N2C(=O)c1ccc([N+](=O)[O-])cc1O. The van der Waals surface area contributed by atoms with Crippen LogP contribution in [0.2, 0.25) is 0 Å². The quantitative estimate of drug-likeness (QED) is 0.680. The first-order valence-corrected chi connectivity index (χ1v) is 8.03. The largest absolute Gasteiger partial charge is 0.507 e. The van der Waals surface area contributed by atoms with Crippen LogP contribution in [0.3, 0.4) is 0 Å². The molecule has 7 nitrogen and oxygen atoms in total. The van der Waals surface area contributed by atoms with Crippen LogP contribution in [0.25, 0.3) is 0 Å². The Balaban J connectivity index is 1.87. The van der Waals surface area contributed by atoms with Crippen LogP contribution >= 0.6 is 0 Å². The van der Waals surface area contributed by atoms with Gasteiger partial charge in [-0.25, -0.2) is 0 Å². The summed E-state index contributed by atoms with van der Waals surface area (Å²) in [5.74, 6) is -0.539. The number of likely N-dealkylation sites (tertiary alicyclic amines) is 1. The van der Waals surface area contributed by atoms with Crippen molar-refractivity contribution in [1.29, 1.82) is 0 Å². The number of non-ortho nitro benzene ring substituents is 1. The van der Waals surface area contributed by atoms with E-state index < -0.39 is 4.92 Å². The second-order valence-corrected chi connectivity index (χ2v) is 6.24. The van der Waals surface area contributed by atoms with Gasteiger partial charge in [0.2, 0.25) is 0 Å². The van der Waals surface area contributed by atoms with Crippen molar-refractivity contribution in [2.45, 2.75) is 38.3 Å². The third kappa shape index (κ3) is 2.88. The Hall–Kier alpha value is -2.15. The van der Waals surface area contributed by atoms with Crippen molar-refractivity contribution in [2.24, 2.45) is 0 Å². The number of fused-ring (bicyclic) bond motifs is 2. The van der Waals surface area contributed by atoms with Crippen LogP contribution in [0, 0.1) is 10.1 Å². The number of hydrogen-bond donors (Lipinski definition) is 1. The smallest absolute Gasteiger partial charge is 0.273 e. The maximum absolute atomic E-state index is 12.9. The molecule has 1 amide bonds. The Kier molecular flexibility index (Phi) is 4.21. The molecule has 2 aliphatic heterocycles. The standard InChI is InChI=1S/C16H21N3O4/c1-2-17-8-7-11-3-4-13(10-17)18(11)16(21)14-6-5-12(19(22)23)9-15(14)20/h5-6,9,11,13,20H,2-4,7-8,10H2,1H3/t11-,13+/m1/s1. The summed E-state index contributed by atoms with van der Waals surface area (Å²) in [5, 5.41) is 20.8. The molecule has 0 unspecified atom stereocenters. The summed E-state index contributed by atoms with van der Waals surface area (Å²) in [4.78, 5) is 27.3. The van der Waals surface area contributed by atoms with Crippen molar-refractivity contribution >= 4 is 11.6 Å². The Morgan fingerprint density at radius 2 is 2.09 bits per heavy atom. The van der Waals surface area contributed by atoms with Gasteiger partial charge in [0.1, 0.15) is 5.75 Å². The van der Waals surface area contributed by atoms with Crippen molar-refractivity contribution in [3.63, 3.8) is 0 Å². The first-order chi connectivity index (χ1) is 11.0. The van der Waals surface area contributed by atoms with Gasteiger partial charge in [0, 0.05) is 31.2 Å². The van der Waals surface area contributed by atoms with Gasteiger partial charge in [-0.05, 0) is 31.9 Å². The maximum Gasteiger partial charge on any atom is 0.273 e. The molecule has 1 aromatic rings. The van der Waals surface area contributed by atoms with Crippen LogP contribution in [-0.4, -0.2) is 57.5 Å². The average molecular weight is 319 g/mol. The van der Waals surface area contributed by atoms with Gasteiger partial charge >= 0.3 is 0 Å². The predicted octanol–water partition coefficient (Wildman–Crippen LogP) is 2.00. The van der Waals surface area contributed by atoms with E-state index in [0.29, 0.717) is 0 Å². The molecule has 3 rings (SSSR count). The lowest BCUT2D eigenvalue weighted by Gasteiger charge is -2.29. The first kappa shape index (κ1) is 15.7. The van der Waals surface area contributed by atoms with Crippen molar-refractivity contribution in [3.05, 3.63) is 33.9 Å². The molecule has 23 heavy (non-hydrogen) atoms. The lowest BCUT2D eigenvalue weighted by atomic mass is 10.1. The minimum Gasteiger partial charge on any atom is -0.507 e. The number of nitrogens with zero attached hydrogens (tertiary/aromatic N) is 3. The van der Waals surface area contributed by atoms with Crippen LogP contribution in [0.15, 0.2) is 18.2 Å². The van der Waals surface area contributed by atoms with Crippen molar-refractivity contribution < 1.29 is 14.8 Å². The summed E-state index contributed by atoms with van der Waals surface area (Å²) < 4.78 is 0. The zero-order chi connectivity index (χ0) is 16.6. The Morgan fingerprint density at radius 3 is 2.74 bits per heavy atom. The third-order valence-corrected chi connectivity index (χ3v) is 4.97. The molecule has 0 radical (unpaired) electrons. The highest BCUT2D eigenvalue weighted by molar-refractivity contribution is 5.97. The van der Waals surface area contributed by atoms with E-state index in [1.54, 1.807) is 0 Å². The second kappa shape index (κ2) is 6.16. The van der Waals surface area contributed by atoms with Gasteiger partial charge in [-0.15, -0.1) is 0 Å². The van der Waals surface area contributed by atoms with Gasteiger partial charge in [-0.2, -0.15) is 0 Å². The van der Waals surface area contributed by atoms with E-state index in [9.17, 15) is 20.0 Å². The van der Waals surface area contributed by atoms with E-state index in [4.69, 9.17) is 0 Å². The number of hydrogen-bond acceptors (Lipinski definition) is 5. The zero-order valence-corrected chi connectivity index (χ0v) is 13.1. The van der Waals surface area contributed by atoms with Gasteiger partial charge in [0.05, 0.1) is 16.6 Å². The molecular weight excluding hydrogens is 298 g/mol. The fraction of sp³-hybridized carbons (Fsp3) is 0.562. The fourth-order valence-electron chi connectivity index (χ4n) is 3.72. The molecule has 0 aromatic heterocycles. The Bertz CT molecular complexity index is 634. The molecule has 0 saturated carbocycles. The van der Waals surface area contributed by atoms with Crippen LogP contribution in [-0.2, 0) is 0 Å². The van der Waals surface area contributed by atoms with E-state index in [2.05, 4.69) is 11.8 Å². The normalized spacial score (nSPS) is 24.5. The van der Waals surface area contributed by atoms with Crippen LogP contribution < -0.4 is 0 Å². The number of phenols is 1. The molecule has 2 saturated heterocycles. The number of carbonyl (C=O) groups excluding carboxylic acids is 1. The van der Waals surface area contributed by atoms with Crippen molar-refractivity contribution in [3.8, 4) is 5.75 Å². The van der Waals surface area contributed by atoms with Gasteiger partial charge in [-0.1, -0.05) is 6.92 Å². The molecule has 0 aliphatic carbocycles. The molecule has 7 heteroatoms. The second-order valence-electron chi connectivity index (χ2n) is 6.24.